The molecule has 0 spiro atoms. The predicted octanol–water partition coefficient (Wildman–Crippen LogP) is 3.33. The van der Waals surface area contributed by atoms with E-state index >= 15 is 0 Å². The van der Waals surface area contributed by atoms with Gasteiger partial charge in [-0.3, -0.25) is 0 Å². The van der Waals surface area contributed by atoms with Crippen LogP contribution in [0.25, 0.3) is 0 Å². The van der Waals surface area contributed by atoms with E-state index in [2.05, 4.69) is 42.6 Å². The number of benzene rings is 2. The summed E-state index contributed by atoms with van der Waals surface area (Å²) >= 11 is 0. The quantitative estimate of drug-likeness (QED) is 0.913. The van der Waals surface area contributed by atoms with Crippen LogP contribution in [0.4, 0.5) is 0 Å². The predicted molar refractivity (Wildman–Crippen MR) is 84.2 cm³/mol. The lowest BCUT2D eigenvalue weighted by atomic mass is 9.96. The summed E-state index contributed by atoms with van der Waals surface area (Å²) in [6, 6.07) is 14.9. The highest BCUT2D eigenvalue weighted by Gasteiger charge is 2.18. The van der Waals surface area contributed by atoms with Gasteiger partial charge in [0.25, 0.3) is 0 Å². The normalized spacial score (nSPS) is 14.4. The average molecular weight is 283 g/mol. The maximum Gasteiger partial charge on any atom is 0.122 e. The van der Waals surface area contributed by atoms with E-state index in [1.807, 2.05) is 12.1 Å². The minimum atomic E-state index is 0.177. The lowest BCUT2D eigenvalue weighted by molar-refractivity contribution is 0.357. The van der Waals surface area contributed by atoms with Gasteiger partial charge < -0.3 is 14.8 Å². The topological polar surface area (TPSA) is 30.5 Å². The van der Waals surface area contributed by atoms with Gasteiger partial charge in [-0.05, 0) is 41.4 Å². The van der Waals surface area contributed by atoms with Gasteiger partial charge in [0.1, 0.15) is 11.5 Å². The van der Waals surface area contributed by atoms with Crippen molar-refractivity contribution in [3.8, 4) is 11.5 Å². The van der Waals surface area contributed by atoms with Crippen molar-refractivity contribution >= 4 is 0 Å². The fraction of sp³-hybridized carbons (Fsp3) is 0.333. The maximum absolute atomic E-state index is 5.59. The van der Waals surface area contributed by atoms with Crippen LogP contribution >= 0.6 is 0 Å². The van der Waals surface area contributed by atoms with Gasteiger partial charge in [0, 0.05) is 6.42 Å². The number of rotatable bonds is 5. The van der Waals surface area contributed by atoms with Crippen LogP contribution in [-0.2, 0) is 6.42 Å². The van der Waals surface area contributed by atoms with Gasteiger partial charge >= 0.3 is 0 Å². The Balaban J connectivity index is 1.97. The van der Waals surface area contributed by atoms with Gasteiger partial charge in [-0.15, -0.1) is 0 Å². The largest absolute Gasteiger partial charge is 0.497 e. The molecule has 1 N–H and O–H groups in total. The molecule has 1 aliphatic heterocycles. The standard InChI is InChI=1S/C18H21NO2/c1-3-19-18(14-5-4-6-16(12-14)20-2)15-7-8-17-13(11-15)9-10-21-17/h4-8,11-12,18-19H,3,9-10H2,1-2H3. The van der Waals surface area contributed by atoms with Gasteiger partial charge in [-0.2, -0.15) is 0 Å². The van der Waals surface area contributed by atoms with E-state index in [1.54, 1.807) is 7.11 Å². The van der Waals surface area contributed by atoms with Crippen LogP contribution in [0.5, 0.6) is 11.5 Å². The van der Waals surface area contributed by atoms with Crippen LogP contribution in [-0.4, -0.2) is 20.3 Å². The molecule has 0 radical (unpaired) electrons. The Kier molecular flexibility index (Phi) is 4.11. The van der Waals surface area contributed by atoms with Crippen LogP contribution in [0.15, 0.2) is 42.5 Å². The summed E-state index contributed by atoms with van der Waals surface area (Å²) < 4.78 is 10.9. The monoisotopic (exact) mass is 283 g/mol. The molecule has 0 saturated carbocycles. The molecule has 3 heteroatoms. The third-order valence-corrected chi connectivity index (χ3v) is 3.88. The van der Waals surface area contributed by atoms with E-state index in [4.69, 9.17) is 9.47 Å². The minimum Gasteiger partial charge on any atom is -0.497 e. The van der Waals surface area contributed by atoms with E-state index < -0.39 is 0 Å². The van der Waals surface area contributed by atoms with Crippen LogP contribution in [0.1, 0.15) is 29.7 Å². The van der Waals surface area contributed by atoms with Gasteiger partial charge in [0.15, 0.2) is 0 Å². The Morgan fingerprint density at radius 2 is 2.05 bits per heavy atom. The van der Waals surface area contributed by atoms with Crippen molar-refractivity contribution in [1.82, 2.24) is 5.32 Å². The summed E-state index contributed by atoms with van der Waals surface area (Å²) in [6.07, 6.45) is 1.00. The molecule has 21 heavy (non-hydrogen) atoms. The second-order valence-corrected chi connectivity index (χ2v) is 5.23. The molecule has 0 bridgehead atoms. The maximum atomic E-state index is 5.59. The van der Waals surface area contributed by atoms with Crippen molar-refractivity contribution in [1.29, 1.82) is 0 Å². The van der Waals surface area contributed by atoms with E-state index in [0.717, 1.165) is 31.1 Å². The van der Waals surface area contributed by atoms with Crippen molar-refractivity contribution in [3.05, 3.63) is 59.2 Å². The molecule has 1 unspecified atom stereocenters. The zero-order valence-electron chi connectivity index (χ0n) is 12.6. The molecule has 2 aromatic rings. The summed E-state index contributed by atoms with van der Waals surface area (Å²) in [7, 11) is 1.70. The first-order chi connectivity index (χ1) is 10.3. The summed E-state index contributed by atoms with van der Waals surface area (Å²) in [4.78, 5) is 0. The van der Waals surface area contributed by atoms with Crippen molar-refractivity contribution in [2.24, 2.45) is 0 Å². The highest BCUT2D eigenvalue weighted by Crippen LogP contribution is 2.31. The van der Waals surface area contributed by atoms with Gasteiger partial charge in [0.2, 0.25) is 0 Å². The van der Waals surface area contributed by atoms with E-state index in [0.29, 0.717) is 0 Å². The Morgan fingerprint density at radius 1 is 1.19 bits per heavy atom. The third kappa shape index (κ3) is 2.88. The molecule has 0 aromatic heterocycles. The Labute approximate surface area is 125 Å². The number of fused-ring (bicyclic) bond motifs is 1. The molecule has 1 heterocycles. The van der Waals surface area contributed by atoms with Gasteiger partial charge in [0.05, 0.1) is 19.8 Å². The van der Waals surface area contributed by atoms with E-state index in [9.17, 15) is 0 Å². The lowest BCUT2D eigenvalue weighted by Gasteiger charge is -2.20. The van der Waals surface area contributed by atoms with Crippen LogP contribution in [0.3, 0.4) is 0 Å². The molecule has 1 aliphatic rings. The third-order valence-electron chi connectivity index (χ3n) is 3.88. The first kappa shape index (κ1) is 14.0. The van der Waals surface area contributed by atoms with Gasteiger partial charge in [-0.25, -0.2) is 0 Å². The second kappa shape index (κ2) is 6.19. The van der Waals surface area contributed by atoms with Crippen molar-refractivity contribution in [3.63, 3.8) is 0 Å². The fourth-order valence-corrected chi connectivity index (χ4v) is 2.84. The van der Waals surface area contributed by atoms with E-state index in [1.165, 1.54) is 16.7 Å². The summed E-state index contributed by atoms with van der Waals surface area (Å²) in [5, 5.41) is 3.56. The first-order valence-corrected chi connectivity index (χ1v) is 7.44. The Morgan fingerprint density at radius 3 is 2.86 bits per heavy atom. The smallest absolute Gasteiger partial charge is 0.122 e. The number of hydrogen-bond donors (Lipinski definition) is 1. The molecule has 3 nitrogen and oxygen atoms in total. The number of nitrogens with one attached hydrogen (secondary N) is 1. The fourth-order valence-electron chi connectivity index (χ4n) is 2.84. The average Bonchev–Trinajstić information content (AvgIpc) is 3.00. The molecule has 1 atom stereocenters. The summed E-state index contributed by atoms with van der Waals surface area (Å²) in [5.41, 5.74) is 3.79. The molecular weight excluding hydrogens is 262 g/mol. The Hall–Kier alpha value is -2.00. The molecule has 0 saturated heterocycles. The van der Waals surface area contributed by atoms with Crippen LogP contribution in [0, 0.1) is 0 Å². The van der Waals surface area contributed by atoms with Crippen LogP contribution in [0.2, 0.25) is 0 Å². The zero-order valence-corrected chi connectivity index (χ0v) is 12.6. The summed E-state index contributed by atoms with van der Waals surface area (Å²) in [5.74, 6) is 1.92. The first-order valence-electron chi connectivity index (χ1n) is 7.44. The second-order valence-electron chi connectivity index (χ2n) is 5.23. The minimum absolute atomic E-state index is 0.177. The number of ether oxygens (including phenoxy) is 2. The van der Waals surface area contributed by atoms with Crippen molar-refractivity contribution in [2.75, 3.05) is 20.3 Å². The molecule has 0 fully saturated rings. The Bertz CT molecular complexity index is 624. The zero-order chi connectivity index (χ0) is 14.7. The summed E-state index contributed by atoms with van der Waals surface area (Å²) in [6.45, 7) is 3.84. The number of hydrogen-bond acceptors (Lipinski definition) is 3. The SMILES string of the molecule is CCNC(c1cccc(OC)c1)c1ccc2c(c1)CCO2. The molecule has 110 valence electrons. The molecule has 3 rings (SSSR count). The van der Waals surface area contributed by atoms with Crippen molar-refractivity contribution < 1.29 is 9.47 Å². The van der Waals surface area contributed by atoms with Crippen LogP contribution < -0.4 is 14.8 Å². The molecule has 0 aliphatic carbocycles. The van der Waals surface area contributed by atoms with E-state index in [-0.39, 0.29) is 6.04 Å². The van der Waals surface area contributed by atoms with Gasteiger partial charge in [-0.1, -0.05) is 31.2 Å². The molecular formula is C18H21NO2. The van der Waals surface area contributed by atoms with Crippen molar-refractivity contribution in [2.45, 2.75) is 19.4 Å². The highest BCUT2D eigenvalue weighted by atomic mass is 16.5. The molecule has 2 aromatic carbocycles. The molecule has 0 amide bonds. The lowest BCUT2D eigenvalue weighted by Crippen LogP contribution is -2.22. The number of methoxy groups -OCH3 is 1. The highest BCUT2D eigenvalue weighted by molar-refractivity contribution is 5.44.